The van der Waals surface area contributed by atoms with Crippen LogP contribution in [0.5, 0.6) is 0 Å². The summed E-state index contributed by atoms with van der Waals surface area (Å²) < 4.78 is 0. The summed E-state index contributed by atoms with van der Waals surface area (Å²) in [7, 11) is 2.17. The Kier molecular flexibility index (Phi) is 6.19. The maximum Gasteiger partial charge on any atom is 0.0393 e. The molecule has 0 heterocycles. The van der Waals surface area contributed by atoms with Crippen LogP contribution in [0.2, 0.25) is 0 Å². The normalized spacial score (nSPS) is 12.7. The first kappa shape index (κ1) is 17.3. The van der Waals surface area contributed by atoms with Crippen LogP contribution in [0, 0.1) is 11.3 Å². The molecular weight excluding hydrogens is 218 g/mol. The second-order valence-corrected chi connectivity index (χ2v) is 6.99. The summed E-state index contributed by atoms with van der Waals surface area (Å²) in [5.74, 6) is 0.736. The first-order valence-corrected chi connectivity index (χ1v) is 7.08. The van der Waals surface area contributed by atoms with E-state index < -0.39 is 0 Å². The molecule has 0 bridgehead atoms. The third-order valence-electron chi connectivity index (χ3n) is 4.63. The van der Waals surface area contributed by atoms with Gasteiger partial charge in [-0.3, -0.25) is 0 Å². The number of hydrogen-bond acceptors (Lipinski definition) is 1. The zero-order valence-corrected chi connectivity index (χ0v) is 13.6. The van der Waals surface area contributed by atoms with Gasteiger partial charge in [-0.1, -0.05) is 40.3 Å². The Morgan fingerprint density at radius 3 is 2.11 bits per heavy atom. The van der Waals surface area contributed by atoms with Crippen molar-refractivity contribution in [3.63, 3.8) is 0 Å². The third kappa shape index (κ3) is 4.19. The quantitative estimate of drug-likeness (QED) is 0.533. The maximum atomic E-state index is 4.27. The summed E-state index contributed by atoms with van der Waals surface area (Å²) in [5.41, 5.74) is 1.50. The van der Waals surface area contributed by atoms with Gasteiger partial charge >= 0.3 is 0 Å². The van der Waals surface area contributed by atoms with Gasteiger partial charge in [0.05, 0.1) is 0 Å². The van der Waals surface area contributed by atoms with E-state index in [0.29, 0.717) is 0 Å². The SMILES string of the molecule is C=CCC(C)(C)C(C)(C)N(C)C(=C)CCC(C)C. The highest BCUT2D eigenvalue weighted by molar-refractivity contribution is 5.06. The summed E-state index contributed by atoms with van der Waals surface area (Å²) >= 11 is 0. The number of rotatable bonds is 8. The second kappa shape index (κ2) is 6.45. The average molecular weight is 251 g/mol. The first-order valence-electron chi connectivity index (χ1n) is 7.08. The predicted octanol–water partition coefficient (Wildman–Crippen LogP) is 5.25. The van der Waals surface area contributed by atoms with E-state index in [1.54, 1.807) is 0 Å². The van der Waals surface area contributed by atoms with Gasteiger partial charge in [0.1, 0.15) is 0 Å². The molecule has 0 aromatic rings. The van der Waals surface area contributed by atoms with Crippen molar-refractivity contribution in [3.8, 4) is 0 Å². The highest BCUT2D eigenvalue weighted by Crippen LogP contribution is 2.40. The molecule has 0 amide bonds. The van der Waals surface area contributed by atoms with Crippen LogP contribution in [-0.4, -0.2) is 17.5 Å². The monoisotopic (exact) mass is 251 g/mol. The van der Waals surface area contributed by atoms with E-state index >= 15 is 0 Å². The predicted molar refractivity (Wildman–Crippen MR) is 83.6 cm³/mol. The lowest BCUT2D eigenvalue weighted by molar-refractivity contribution is 0.0557. The number of allylic oxidation sites excluding steroid dienone is 2. The Morgan fingerprint density at radius 2 is 1.72 bits per heavy atom. The Labute approximate surface area is 115 Å². The Hall–Kier alpha value is -0.720. The lowest BCUT2D eigenvalue weighted by Gasteiger charge is -2.49. The van der Waals surface area contributed by atoms with Crippen molar-refractivity contribution in [2.75, 3.05) is 7.05 Å². The fraction of sp³-hybridized carbons (Fsp3) is 0.765. The van der Waals surface area contributed by atoms with E-state index in [1.807, 2.05) is 6.08 Å². The summed E-state index contributed by atoms with van der Waals surface area (Å²) in [4.78, 5) is 2.36. The van der Waals surface area contributed by atoms with Crippen LogP contribution in [0.4, 0.5) is 0 Å². The van der Waals surface area contributed by atoms with Crippen molar-refractivity contribution in [2.24, 2.45) is 11.3 Å². The van der Waals surface area contributed by atoms with Gasteiger partial charge in [0.2, 0.25) is 0 Å². The van der Waals surface area contributed by atoms with Gasteiger partial charge in [0, 0.05) is 18.3 Å². The highest BCUT2D eigenvalue weighted by atomic mass is 15.2. The van der Waals surface area contributed by atoms with Crippen LogP contribution in [0.1, 0.15) is 60.8 Å². The van der Waals surface area contributed by atoms with Gasteiger partial charge in [0.15, 0.2) is 0 Å². The minimum absolute atomic E-state index is 0.0786. The number of hydrogen-bond donors (Lipinski definition) is 0. The van der Waals surface area contributed by atoms with E-state index in [-0.39, 0.29) is 11.0 Å². The van der Waals surface area contributed by atoms with Gasteiger partial charge in [-0.2, -0.15) is 0 Å². The molecule has 0 fully saturated rings. The first-order chi connectivity index (χ1) is 8.06. The van der Waals surface area contributed by atoms with Gasteiger partial charge in [-0.25, -0.2) is 0 Å². The molecule has 0 aromatic heterocycles. The molecule has 0 unspecified atom stereocenters. The van der Waals surface area contributed by atoms with E-state index in [9.17, 15) is 0 Å². The van der Waals surface area contributed by atoms with Crippen molar-refractivity contribution in [2.45, 2.75) is 66.3 Å². The van der Waals surface area contributed by atoms with Crippen LogP contribution in [0.3, 0.4) is 0 Å². The van der Waals surface area contributed by atoms with E-state index in [4.69, 9.17) is 0 Å². The molecule has 0 N–H and O–H groups in total. The topological polar surface area (TPSA) is 3.24 Å². The molecule has 0 aliphatic rings. The molecule has 18 heavy (non-hydrogen) atoms. The van der Waals surface area contributed by atoms with E-state index in [2.05, 4.69) is 66.6 Å². The van der Waals surface area contributed by atoms with E-state index in [0.717, 1.165) is 18.8 Å². The molecule has 1 heteroatoms. The Bertz CT molecular complexity index is 284. The minimum Gasteiger partial charge on any atom is -0.373 e. The van der Waals surface area contributed by atoms with Gasteiger partial charge < -0.3 is 4.90 Å². The lowest BCUT2D eigenvalue weighted by Crippen LogP contribution is -2.51. The van der Waals surface area contributed by atoms with E-state index in [1.165, 1.54) is 12.1 Å². The molecule has 106 valence electrons. The van der Waals surface area contributed by atoms with Crippen molar-refractivity contribution in [3.05, 3.63) is 24.9 Å². The molecule has 0 radical (unpaired) electrons. The summed E-state index contributed by atoms with van der Waals surface area (Å²) in [6.07, 6.45) is 5.33. The maximum absolute atomic E-state index is 4.27. The average Bonchev–Trinajstić information content (AvgIpc) is 2.24. The molecule has 0 atom stereocenters. The van der Waals surface area contributed by atoms with Crippen LogP contribution in [0.25, 0.3) is 0 Å². The zero-order chi connectivity index (χ0) is 14.6. The fourth-order valence-electron chi connectivity index (χ4n) is 2.08. The lowest BCUT2D eigenvalue weighted by atomic mass is 9.71. The molecule has 0 aromatic carbocycles. The molecule has 0 saturated carbocycles. The zero-order valence-electron chi connectivity index (χ0n) is 13.6. The highest BCUT2D eigenvalue weighted by Gasteiger charge is 2.39. The molecule has 0 aliphatic carbocycles. The van der Waals surface area contributed by atoms with Crippen LogP contribution in [0.15, 0.2) is 24.9 Å². The van der Waals surface area contributed by atoms with Crippen molar-refractivity contribution < 1.29 is 0 Å². The third-order valence-corrected chi connectivity index (χ3v) is 4.63. The standard InChI is InChI=1S/C17H33N/c1-10-13-16(5,6)17(7,8)18(9)15(4)12-11-14(2)3/h10,14H,1,4,11-13H2,2-3,5-9H3. The number of nitrogens with zero attached hydrogens (tertiary/aromatic N) is 1. The van der Waals surface area contributed by atoms with Crippen molar-refractivity contribution >= 4 is 0 Å². The minimum atomic E-state index is 0.0786. The van der Waals surface area contributed by atoms with Crippen LogP contribution in [-0.2, 0) is 0 Å². The molecule has 0 saturated heterocycles. The smallest absolute Gasteiger partial charge is 0.0393 e. The summed E-state index contributed by atoms with van der Waals surface area (Å²) in [6.45, 7) is 21.9. The van der Waals surface area contributed by atoms with Gasteiger partial charge in [-0.15, -0.1) is 6.58 Å². The molecular formula is C17H33N. The van der Waals surface area contributed by atoms with Crippen LogP contribution >= 0.6 is 0 Å². The molecule has 0 aliphatic heterocycles. The Morgan fingerprint density at radius 1 is 1.22 bits per heavy atom. The molecule has 0 spiro atoms. The largest absolute Gasteiger partial charge is 0.373 e. The molecule has 1 nitrogen and oxygen atoms in total. The van der Waals surface area contributed by atoms with Crippen molar-refractivity contribution in [1.82, 2.24) is 4.90 Å². The Balaban J connectivity index is 4.78. The molecule has 0 rings (SSSR count). The summed E-state index contributed by atoms with van der Waals surface area (Å²) in [5, 5.41) is 0. The second-order valence-electron chi connectivity index (χ2n) is 6.99. The van der Waals surface area contributed by atoms with Gasteiger partial charge in [0.25, 0.3) is 0 Å². The van der Waals surface area contributed by atoms with Gasteiger partial charge in [-0.05, 0) is 44.4 Å². The van der Waals surface area contributed by atoms with Crippen molar-refractivity contribution in [1.29, 1.82) is 0 Å². The van der Waals surface area contributed by atoms with Crippen LogP contribution < -0.4 is 0 Å². The fourth-order valence-corrected chi connectivity index (χ4v) is 2.08. The summed E-state index contributed by atoms with van der Waals surface area (Å²) in [6, 6.07) is 0.